The fourth-order valence-electron chi connectivity index (χ4n) is 2.75. The third-order valence-corrected chi connectivity index (χ3v) is 5.07. The summed E-state index contributed by atoms with van der Waals surface area (Å²) in [4.78, 5) is 16.4. The van der Waals surface area contributed by atoms with E-state index in [1.807, 2.05) is 6.07 Å². The normalized spacial score (nSPS) is 13.7. The summed E-state index contributed by atoms with van der Waals surface area (Å²) in [7, 11) is 0. The first-order valence-electron chi connectivity index (χ1n) is 7.77. The third kappa shape index (κ3) is 3.18. The van der Waals surface area contributed by atoms with Crippen molar-refractivity contribution in [1.29, 1.82) is 0 Å². The maximum atomic E-state index is 12.5. The van der Waals surface area contributed by atoms with E-state index in [-0.39, 0.29) is 12.5 Å². The topological polar surface area (TPSA) is 83.6 Å². The lowest BCUT2D eigenvalue weighted by molar-refractivity contribution is 0.102. The molecule has 8 heteroatoms. The summed E-state index contributed by atoms with van der Waals surface area (Å²) < 4.78 is 12.0. The largest absolute Gasteiger partial charge is 0.489 e. The van der Waals surface area contributed by atoms with Gasteiger partial charge < -0.3 is 24.9 Å². The lowest BCUT2D eigenvalue weighted by Gasteiger charge is -2.14. The van der Waals surface area contributed by atoms with Gasteiger partial charge in [0, 0.05) is 29.1 Å². The molecule has 0 unspecified atom stereocenters. The van der Waals surface area contributed by atoms with Gasteiger partial charge in [-0.3, -0.25) is 4.79 Å². The Kier molecular flexibility index (Phi) is 4.29. The molecule has 0 aliphatic carbocycles. The molecule has 0 fully saturated rings. The van der Waals surface area contributed by atoms with E-state index in [0.29, 0.717) is 46.0 Å². The van der Waals surface area contributed by atoms with E-state index in [9.17, 15) is 9.90 Å². The van der Waals surface area contributed by atoms with Crippen LogP contribution >= 0.6 is 22.9 Å². The molecule has 1 aliphatic heterocycles. The van der Waals surface area contributed by atoms with Gasteiger partial charge in [0.2, 0.25) is 0 Å². The van der Waals surface area contributed by atoms with Crippen molar-refractivity contribution in [1.82, 2.24) is 4.98 Å². The van der Waals surface area contributed by atoms with Gasteiger partial charge in [0.25, 0.3) is 5.91 Å². The Morgan fingerprint density at radius 1 is 1.28 bits per heavy atom. The molecule has 0 spiro atoms. The number of aromatic amines is 1. The quantitative estimate of drug-likeness (QED) is 0.647. The zero-order valence-electron chi connectivity index (χ0n) is 13.1. The lowest BCUT2D eigenvalue weighted by Crippen LogP contribution is -2.13. The highest BCUT2D eigenvalue weighted by molar-refractivity contribution is 7.22. The smallest absolute Gasteiger partial charge is 0.272 e. The Morgan fingerprint density at radius 3 is 2.92 bits per heavy atom. The maximum absolute atomic E-state index is 12.5. The molecular formula is C17H15ClN2O4S. The van der Waals surface area contributed by atoms with Crippen LogP contribution in [0.15, 0.2) is 24.3 Å². The van der Waals surface area contributed by atoms with Gasteiger partial charge in [-0.1, -0.05) is 11.6 Å². The molecular weight excluding hydrogens is 364 g/mol. The summed E-state index contributed by atoms with van der Waals surface area (Å²) in [5.41, 5.74) is 1.55. The Bertz CT molecular complexity index is 918. The lowest BCUT2D eigenvalue weighted by atomic mass is 10.1. The minimum absolute atomic E-state index is 0.202. The van der Waals surface area contributed by atoms with Crippen LogP contribution in [0.2, 0.25) is 4.34 Å². The molecule has 0 saturated heterocycles. The first-order chi connectivity index (χ1) is 12.1. The molecule has 3 N–H and O–H groups in total. The average molecular weight is 379 g/mol. The van der Waals surface area contributed by atoms with Crippen molar-refractivity contribution in [2.45, 2.75) is 13.0 Å². The summed E-state index contributed by atoms with van der Waals surface area (Å²) in [6, 6.07) is 6.96. The molecule has 6 nitrogen and oxygen atoms in total. The number of aliphatic hydroxyl groups excluding tert-OH is 1. The number of amides is 1. The van der Waals surface area contributed by atoms with Gasteiger partial charge >= 0.3 is 0 Å². The highest BCUT2D eigenvalue weighted by Gasteiger charge is 2.18. The van der Waals surface area contributed by atoms with Crippen molar-refractivity contribution >= 4 is 44.7 Å². The highest BCUT2D eigenvalue weighted by atomic mass is 35.5. The number of aliphatic hydroxyl groups is 1. The third-order valence-electron chi connectivity index (χ3n) is 3.88. The fourth-order valence-corrected chi connectivity index (χ4v) is 3.88. The maximum Gasteiger partial charge on any atom is 0.272 e. The number of carbonyl (C=O) groups excluding carboxylic acids is 1. The average Bonchev–Trinajstić information content (AvgIpc) is 3.02. The molecule has 1 aromatic carbocycles. The Labute approximate surface area is 152 Å². The second-order valence-electron chi connectivity index (χ2n) is 5.64. The van der Waals surface area contributed by atoms with Crippen molar-refractivity contribution < 1.29 is 19.4 Å². The molecule has 4 rings (SSSR count). The van der Waals surface area contributed by atoms with Crippen LogP contribution in [0, 0.1) is 0 Å². The fraction of sp³-hybridized carbons (Fsp3) is 0.235. The van der Waals surface area contributed by atoms with E-state index in [0.717, 1.165) is 16.6 Å². The van der Waals surface area contributed by atoms with E-state index in [2.05, 4.69) is 10.3 Å². The van der Waals surface area contributed by atoms with Gasteiger partial charge in [0.1, 0.15) is 10.5 Å². The molecule has 1 aliphatic rings. The SMILES string of the molecule is O=C(Nc1cc(CO)c2c(c1)OCCCO2)c1cc2cc(Cl)sc2[nH]1. The number of thiophene rings is 1. The number of hydrogen-bond acceptors (Lipinski definition) is 5. The molecule has 130 valence electrons. The Morgan fingerprint density at radius 2 is 2.12 bits per heavy atom. The molecule has 1 amide bonds. The second-order valence-corrected chi connectivity index (χ2v) is 7.33. The molecule has 0 radical (unpaired) electrons. The first kappa shape index (κ1) is 16.3. The van der Waals surface area contributed by atoms with E-state index in [1.54, 1.807) is 18.2 Å². The summed E-state index contributed by atoms with van der Waals surface area (Å²) >= 11 is 7.33. The highest BCUT2D eigenvalue weighted by Crippen LogP contribution is 2.37. The van der Waals surface area contributed by atoms with Gasteiger partial charge in [-0.15, -0.1) is 11.3 Å². The summed E-state index contributed by atoms with van der Waals surface area (Å²) in [5, 5.41) is 13.3. The Balaban J connectivity index is 1.61. The molecule has 0 bridgehead atoms. The van der Waals surface area contributed by atoms with Gasteiger partial charge in [0.05, 0.1) is 24.2 Å². The van der Waals surface area contributed by atoms with Crippen LogP contribution in [-0.2, 0) is 6.61 Å². The number of H-pyrrole nitrogens is 1. The van der Waals surface area contributed by atoms with Crippen LogP contribution in [0.1, 0.15) is 22.5 Å². The number of rotatable bonds is 3. The molecule has 2 aromatic heterocycles. The molecule has 25 heavy (non-hydrogen) atoms. The minimum atomic E-state index is -0.280. The molecule has 0 saturated carbocycles. The zero-order valence-corrected chi connectivity index (χ0v) is 14.7. The number of nitrogens with one attached hydrogen (secondary N) is 2. The van der Waals surface area contributed by atoms with Crippen molar-refractivity contribution in [3.05, 3.63) is 39.9 Å². The van der Waals surface area contributed by atoms with Crippen LogP contribution in [0.5, 0.6) is 11.5 Å². The predicted molar refractivity (Wildman–Crippen MR) is 97.1 cm³/mol. The van der Waals surface area contributed by atoms with Crippen molar-refractivity contribution in [2.24, 2.45) is 0 Å². The number of carbonyl (C=O) groups is 1. The van der Waals surface area contributed by atoms with Crippen LogP contribution in [-0.4, -0.2) is 29.2 Å². The number of hydrogen-bond donors (Lipinski definition) is 3. The van der Waals surface area contributed by atoms with Crippen LogP contribution < -0.4 is 14.8 Å². The van der Waals surface area contributed by atoms with Gasteiger partial charge in [-0.25, -0.2) is 0 Å². The van der Waals surface area contributed by atoms with Gasteiger partial charge in [-0.2, -0.15) is 0 Å². The molecule has 3 heterocycles. The van der Waals surface area contributed by atoms with Crippen LogP contribution in [0.3, 0.4) is 0 Å². The van der Waals surface area contributed by atoms with E-state index < -0.39 is 0 Å². The number of ether oxygens (including phenoxy) is 2. The van der Waals surface area contributed by atoms with Crippen LogP contribution in [0.25, 0.3) is 10.2 Å². The van der Waals surface area contributed by atoms with E-state index in [1.165, 1.54) is 11.3 Å². The molecule has 0 atom stereocenters. The van der Waals surface area contributed by atoms with Crippen molar-refractivity contribution in [3.8, 4) is 11.5 Å². The standard InChI is InChI=1S/C17H15ClN2O4S/c18-14-6-9-5-12(20-17(9)25-14)16(22)19-11-4-10(8-21)15-13(7-11)23-2-1-3-24-15/h4-7,20-21H,1-3,8H2,(H,19,22). The van der Waals surface area contributed by atoms with Crippen LogP contribution in [0.4, 0.5) is 5.69 Å². The zero-order chi connectivity index (χ0) is 17.4. The first-order valence-corrected chi connectivity index (χ1v) is 8.96. The number of anilines is 1. The van der Waals surface area contributed by atoms with Gasteiger partial charge in [0.15, 0.2) is 11.5 Å². The monoisotopic (exact) mass is 378 g/mol. The van der Waals surface area contributed by atoms with Gasteiger partial charge in [-0.05, 0) is 18.2 Å². The number of fused-ring (bicyclic) bond motifs is 2. The van der Waals surface area contributed by atoms with E-state index >= 15 is 0 Å². The van der Waals surface area contributed by atoms with Crippen molar-refractivity contribution in [3.63, 3.8) is 0 Å². The predicted octanol–water partition coefficient (Wildman–Crippen LogP) is 3.79. The minimum Gasteiger partial charge on any atom is -0.489 e. The van der Waals surface area contributed by atoms with Crippen molar-refractivity contribution in [2.75, 3.05) is 18.5 Å². The number of benzene rings is 1. The Hall–Kier alpha value is -2.22. The molecule has 3 aromatic rings. The van der Waals surface area contributed by atoms with E-state index in [4.69, 9.17) is 21.1 Å². The summed E-state index contributed by atoms with van der Waals surface area (Å²) in [5.74, 6) is 0.782. The summed E-state index contributed by atoms with van der Waals surface area (Å²) in [6.07, 6.45) is 0.767. The number of halogens is 1. The second kappa shape index (κ2) is 6.59. The number of aromatic nitrogens is 1. The summed E-state index contributed by atoms with van der Waals surface area (Å²) in [6.45, 7) is 0.864.